The van der Waals surface area contributed by atoms with Gasteiger partial charge in [-0.15, -0.1) is 0 Å². The predicted molar refractivity (Wildman–Crippen MR) is 66.3 cm³/mol. The third-order valence-electron chi connectivity index (χ3n) is 2.40. The quantitative estimate of drug-likeness (QED) is 0.824. The van der Waals surface area contributed by atoms with E-state index in [0.29, 0.717) is 18.1 Å². The summed E-state index contributed by atoms with van der Waals surface area (Å²) in [6.45, 7) is 0.350. The molecule has 2 rings (SSSR count). The van der Waals surface area contributed by atoms with Crippen LogP contribution in [0.1, 0.15) is 11.1 Å². The average molecular weight is 240 g/mol. The van der Waals surface area contributed by atoms with Crippen LogP contribution in [0.15, 0.2) is 42.6 Å². The minimum atomic E-state index is 0.350. The maximum absolute atomic E-state index is 8.91. The number of hydrogen-bond acceptors (Lipinski definition) is 4. The Morgan fingerprint density at radius 2 is 2.17 bits per heavy atom. The van der Waals surface area contributed by atoms with Gasteiger partial charge in [0.15, 0.2) is 0 Å². The highest BCUT2D eigenvalue weighted by Gasteiger charge is 2.04. The number of rotatable bonds is 4. The zero-order valence-corrected chi connectivity index (χ0v) is 9.96. The summed E-state index contributed by atoms with van der Waals surface area (Å²) in [7, 11) is 1.62. The van der Waals surface area contributed by atoms with Crippen molar-refractivity contribution in [1.82, 2.24) is 4.98 Å². The van der Waals surface area contributed by atoms with Crippen molar-refractivity contribution >= 4 is 0 Å². The van der Waals surface area contributed by atoms with Crippen molar-refractivity contribution in [1.29, 1.82) is 5.26 Å². The van der Waals surface area contributed by atoms with Crippen LogP contribution < -0.4 is 9.47 Å². The van der Waals surface area contributed by atoms with Gasteiger partial charge in [-0.3, -0.25) is 0 Å². The highest BCUT2D eigenvalue weighted by atomic mass is 16.5. The van der Waals surface area contributed by atoms with Gasteiger partial charge in [0.25, 0.3) is 0 Å². The summed E-state index contributed by atoms with van der Waals surface area (Å²) in [6.07, 6.45) is 1.60. The molecular formula is C14H12N2O2. The van der Waals surface area contributed by atoms with Crippen LogP contribution in [0.3, 0.4) is 0 Å². The zero-order chi connectivity index (χ0) is 12.8. The summed E-state index contributed by atoms with van der Waals surface area (Å²) in [5.74, 6) is 1.13. The Bertz CT molecular complexity index is 576. The van der Waals surface area contributed by atoms with Crippen molar-refractivity contribution in [2.75, 3.05) is 7.11 Å². The van der Waals surface area contributed by atoms with E-state index < -0.39 is 0 Å². The van der Waals surface area contributed by atoms with Crippen LogP contribution in [0.25, 0.3) is 0 Å². The molecule has 0 spiro atoms. The van der Waals surface area contributed by atoms with Gasteiger partial charge in [0.2, 0.25) is 5.88 Å². The van der Waals surface area contributed by atoms with Gasteiger partial charge >= 0.3 is 0 Å². The number of nitriles is 1. The van der Waals surface area contributed by atoms with Gasteiger partial charge in [0, 0.05) is 6.20 Å². The molecule has 0 N–H and O–H groups in total. The monoisotopic (exact) mass is 240 g/mol. The van der Waals surface area contributed by atoms with Crippen molar-refractivity contribution in [3.05, 3.63) is 53.7 Å². The van der Waals surface area contributed by atoms with E-state index in [0.717, 1.165) is 11.3 Å². The molecule has 90 valence electrons. The highest BCUT2D eigenvalue weighted by Crippen LogP contribution is 2.17. The Kier molecular flexibility index (Phi) is 3.77. The normalized spacial score (nSPS) is 9.56. The van der Waals surface area contributed by atoms with Crippen molar-refractivity contribution in [3.63, 3.8) is 0 Å². The molecule has 0 saturated carbocycles. The minimum absolute atomic E-state index is 0.350. The first kappa shape index (κ1) is 11.9. The van der Waals surface area contributed by atoms with E-state index in [-0.39, 0.29) is 0 Å². The zero-order valence-electron chi connectivity index (χ0n) is 9.96. The van der Waals surface area contributed by atoms with Crippen LogP contribution in [-0.4, -0.2) is 12.1 Å². The lowest BCUT2D eigenvalue weighted by Crippen LogP contribution is -1.99. The Morgan fingerprint density at radius 3 is 2.94 bits per heavy atom. The largest absolute Gasteiger partial charge is 0.497 e. The van der Waals surface area contributed by atoms with Crippen LogP contribution >= 0.6 is 0 Å². The second-order valence-electron chi connectivity index (χ2n) is 3.61. The first-order chi connectivity index (χ1) is 8.83. The molecule has 0 unspecified atom stereocenters. The molecule has 1 heterocycles. The van der Waals surface area contributed by atoms with E-state index in [1.807, 2.05) is 30.3 Å². The summed E-state index contributed by atoms with van der Waals surface area (Å²) in [6, 6.07) is 13.0. The Labute approximate surface area is 105 Å². The number of ether oxygens (including phenoxy) is 2. The highest BCUT2D eigenvalue weighted by molar-refractivity contribution is 5.37. The van der Waals surface area contributed by atoms with E-state index in [4.69, 9.17) is 14.7 Å². The summed E-state index contributed by atoms with van der Waals surface area (Å²) in [4.78, 5) is 4.03. The van der Waals surface area contributed by atoms with Crippen molar-refractivity contribution in [3.8, 4) is 17.7 Å². The van der Waals surface area contributed by atoms with Crippen molar-refractivity contribution in [2.24, 2.45) is 0 Å². The number of benzene rings is 1. The molecule has 18 heavy (non-hydrogen) atoms. The fourth-order valence-electron chi connectivity index (χ4n) is 1.50. The molecule has 0 aliphatic rings. The molecule has 0 radical (unpaired) electrons. The van der Waals surface area contributed by atoms with Gasteiger partial charge in [-0.2, -0.15) is 5.26 Å². The molecule has 1 aromatic carbocycles. The lowest BCUT2D eigenvalue weighted by atomic mass is 10.2. The Morgan fingerprint density at radius 1 is 1.28 bits per heavy atom. The molecule has 0 saturated heterocycles. The second kappa shape index (κ2) is 5.69. The minimum Gasteiger partial charge on any atom is -0.497 e. The SMILES string of the molecule is COc1cccc(COc2ncccc2C#N)c1. The maximum atomic E-state index is 8.91. The van der Waals surface area contributed by atoms with Crippen molar-refractivity contribution < 1.29 is 9.47 Å². The van der Waals surface area contributed by atoms with Gasteiger partial charge in [-0.1, -0.05) is 12.1 Å². The van der Waals surface area contributed by atoms with Crippen LogP contribution in [0, 0.1) is 11.3 Å². The smallest absolute Gasteiger partial charge is 0.231 e. The third-order valence-corrected chi connectivity index (χ3v) is 2.40. The molecule has 2 aromatic rings. The van der Waals surface area contributed by atoms with Crippen LogP contribution in [0.5, 0.6) is 11.6 Å². The molecule has 0 bridgehead atoms. The topological polar surface area (TPSA) is 55.1 Å². The maximum Gasteiger partial charge on any atom is 0.231 e. The van der Waals surface area contributed by atoms with Gasteiger partial charge < -0.3 is 9.47 Å². The first-order valence-electron chi connectivity index (χ1n) is 5.44. The number of pyridine rings is 1. The Balaban J connectivity index is 2.09. The standard InChI is InChI=1S/C14H12N2O2/c1-17-13-6-2-4-11(8-13)10-18-14-12(9-15)5-3-7-16-14/h2-8H,10H2,1H3. The van der Waals surface area contributed by atoms with Gasteiger partial charge in [0.1, 0.15) is 24.0 Å². The summed E-state index contributed by atoms with van der Waals surface area (Å²) < 4.78 is 10.7. The predicted octanol–water partition coefficient (Wildman–Crippen LogP) is 2.54. The van der Waals surface area contributed by atoms with E-state index in [2.05, 4.69) is 4.98 Å². The summed E-state index contributed by atoms with van der Waals surface area (Å²) in [5.41, 5.74) is 1.39. The van der Waals surface area contributed by atoms with Crippen LogP contribution in [-0.2, 0) is 6.61 Å². The lowest BCUT2D eigenvalue weighted by Gasteiger charge is -2.07. The van der Waals surface area contributed by atoms with Gasteiger partial charge in [-0.05, 0) is 29.8 Å². The fourth-order valence-corrected chi connectivity index (χ4v) is 1.50. The number of nitrogens with zero attached hydrogens (tertiary/aromatic N) is 2. The van der Waals surface area contributed by atoms with Gasteiger partial charge in [-0.25, -0.2) is 4.98 Å². The molecule has 4 nitrogen and oxygen atoms in total. The molecule has 0 fully saturated rings. The second-order valence-corrected chi connectivity index (χ2v) is 3.61. The van der Waals surface area contributed by atoms with Crippen molar-refractivity contribution in [2.45, 2.75) is 6.61 Å². The summed E-state index contributed by atoms with van der Waals surface area (Å²) >= 11 is 0. The molecule has 0 atom stereocenters. The molecular weight excluding hydrogens is 228 g/mol. The van der Waals surface area contributed by atoms with Gasteiger partial charge in [0.05, 0.1) is 7.11 Å². The number of methoxy groups -OCH3 is 1. The summed E-state index contributed by atoms with van der Waals surface area (Å²) in [5, 5.41) is 8.91. The lowest BCUT2D eigenvalue weighted by molar-refractivity contribution is 0.292. The molecule has 4 heteroatoms. The fraction of sp³-hybridized carbons (Fsp3) is 0.143. The number of hydrogen-bond donors (Lipinski definition) is 0. The van der Waals surface area contributed by atoms with E-state index in [9.17, 15) is 0 Å². The molecule has 0 amide bonds. The van der Waals surface area contributed by atoms with Crippen LogP contribution in [0.4, 0.5) is 0 Å². The molecule has 0 aliphatic heterocycles. The molecule has 1 aromatic heterocycles. The Hall–Kier alpha value is -2.54. The van der Waals surface area contributed by atoms with E-state index in [1.54, 1.807) is 25.4 Å². The first-order valence-corrected chi connectivity index (χ1v) is 5.44. The average Bonchev–Trinajstić information content (AvgIpc) is 2.45. The molecule has 0 aliphatic carbocycles. The van der Waals surface area contributed by atoms with E-state index in [1.165, 1.54) is 0 Å². The third kappa shape index (κ3) is 2.77. The van der Waals surface area contributed by atoms with Crippen LogP contribution in [0.2, 0.25) is 0 Å². The van der Waals surface area contributed by atoms with E-state index >= 15 is 0 Å². The number of aromatic nitrogens is 1.